The lowest BCUT2D eigenvalue weighted by atomic mass is 9.97. The molecule has 9 N–H and O–H groups in total. The first-order chi connectivity index (χ1) is 22.7. The molecule has 10 atom stereocenters. The molecule has 48 heavy (non-hydrogen) atoms. The van der Waals surface area contributed by atoms with E-state index < -0.39 is 114 Å². The third kappa shape index (κ3) is 6.70. The molecule has 18 nitrogen and oxygen atoms in total. The average molecular weight is 683 g/mol. The maximum atomic E-state index is 13.0. The number of fused-ring (bicyclic) bond motifs is 1. The lowest BCUT2D eigenvalue weighted by Crippen LogP contribution is -2.65. The highest BCUT2D eigenvalue weighted by Crippen LogP contribution is 2.42. The highest BCUT2D eigenvalue weighted by atomic mass is 16.8. The number of aromatic hydroxyl groups is 3. The summed E-state index contributed by atoms with van der Waals surface area (Å²) in [5.41, 5.74) is -1.17. The lowest BCUT2D eigenvalue weighted by Gasteiger charge is -2.45. The maximum absolute atomic E-state index is 13.0. The van der Waals surface area contributed by atoms with Crippen LogP contribution in [-0.4, -0.2) is 134 Å². The summed E-state index contributed by atoms with van der Waals surface area (Å²) in [5, 5.41) is 93.9. The molecule has 3 aromatic rings. The number of hydrogen-bond donors (Lipinski definition) is 9. The second-order valence-electron chi connectivity index (χ2n) is 11.1. The van der Waals surface area contributed by atoms with E-state index in [4.69, 9.17) is 32.8 Å². The number of carbonyl (C=O) groups excluding carboxylic acids is 1. The number of phenolic OH excluding ortho intramolecular Hbond substituents is 3. The number of hydrogen-bond acceptors (Lipinski definition) is 18. The topological polar surface area (TPSA) is 285 Å². The Bertz CT molecular complexity index is 1690. The van der Waals surface area contributed by atoms with Crippen LogP contribution in [0.4, 0.5) is 0 Å². The minimum Gasteiger partial charge on any atom is -0.507 e. The van der Waals surface area contributed by atoms with E-state index >= 15 is 0 Å². The third-order valence-corrected chi connectivity index (χ3v) is 7.86. The quantitative estimate of drug-likeness (QED) is 0.0885. The molecule has 0 saturated carbocycles. The van der Waals surface area contributed by atoms with Crippen LogP contribution in [0.3, 0.4) is 0 Å². The predicted octanol–water partition coefficient (Wildman–Crippen LogP) is -1.84. The van der Waals surface area contributed by atoms with Crippen LogP contribution in [0.15, 0.2) is 39.5 Å². The fraction of sp³-hybridized carbons (Fsp3) is 0.467. The summed E-state index contributed by atoms with van der Waals surface area (Å²) >= 11 is 0. The minimum absolute atomic E-state index is 0.130. The zero-order valence-corrected chi connectivity index (χ0v) is 25.3. The van der Waals surface area contributed by atoms with E-state index in [1.54, 1.807) is 0 Å². The van der Waals surface area contributed by atoms with Gasteiger partial charge >= 0.3 is 5.97 Å². The molecule has 2 fully saturated rings. The first kappa shape index (κ1) is 35.1. The molecule has 2 aliphatic rings. The largest absolute Gasteiger partial charge is 0.507 e. The van der Waals surface area contributed by atoms with Crippen molar-refractivity contribution in [3.63, 3.8) is 0 Å². The third-order valence-electron chi connectivity index (χ3n) is 7.86. The van der Waals surface area contributed by atoms with Gasteiger partial charge in [-0.15, -0.1) is 0 Å². The molecule has 0 radical (unpaired) electrons. The molecule has 2 saturated heterocycles. The number of rotatable bonds is 9. The van der Waals surface area contributed by atoms with Crippen LogP contribution in [0, 0.1) is 0 Å². The molecule has 0 bridgehead atoms. The van der Waals surface area contributed by atoms with E-state index in [0.717, 1.165) is 19.1 Å². The second-order valence-corrected chi connectivity index (χ2v) is 11.1. The zero-order chi connectivity index (χ0) is 35.0. The molecule has 0 spiro atoms. The molecule has 0 unspecified atom stereocenters. The maximum Gasteiger partial charge on any atom is 0.302 e. The molecule has 3 heterocycles. The van der Waals surface area contributed by atoms with Crippen LogP contribution >= 0.6 is 0 Å². The van der Waals surface area contributed by atoms with Gasteiger partial charge in [0.1, 0.15) is 66.2 Å². The van der Waals surface area contributed by atoms with E-state index in [9.17, 15) is 55.5 Å². The summed E-state index contributed by atoms with van der Waals surface area (Å²) in [5.74, 6) is -3.25. The number of methoxy groups -OCH3 is 1. The second kappa shape index (κ2) is 14.1. The molecule has 0 amide bonds. The van der Waals surface area contributed by atoms with Crippen molar-refractivity contribution >= 4 is 16.9 Å². The Hall–Kier alpha value is -4.24. The Morgan fingerprint density at radius 2 is 1.52 bits per heavy atom. The van der Waals surface area contributed by atoms with Gasteiger partial charge in [-0.05, 0) is 18.2 Å². The van der Waals surface area contributed by atoms with Crippen LogP contribution in [-0.2, 0) is 23.7 Å². The number of phenols is 3. The summed E-state index contributed by atoms with van der Waals surface area (Å²) in [6.07, 6.45) is -17.8. The summed E-state index contributed by atoms with van der Waals surface area (Å²) < 4.78 is 38.1. The fourth-order valence-electron chi connectivity index (χ4n) is 5.30. The van der Waals surface area contributed by atoms with Crippen LogP contribution in [0.2, 0.25) is 0 Å². The van der Waals surface area contributed by atoms with Crippen molar-refractivity contribution in [2.24, 2.45) is 0 Å². The smallest absolute Gasteiger partial charge is 0.302 e. The van der Waals surface area contributed by atoms with Gasteiger partial charge in [0.15, 0.2) is 40.7 Å². The number of aliphatic hydroxyl groups excluding tert-OH is 6. The standard InChI is InChI=1S/C30H34O18/c1-10(32)43-9-19-22(37)25(40)28(48-29-26(41)24(39)21(36)18(8-31)46-29)30(47-19)45-17-7-14(35)20-13(34)6-16(44-27(20)23(17)38)11-3-4-15(42-2)12(33)5-11/h3-7,18-19,21-22,24-26,28-31,33,35-41H,8-9H2,1-2H3/t18-,19-,21-,22-,24-,25+,26-,28-,29+,30-/m1/s1. The van der Waals surface area contributed by atoms with E-state index in [1.807, 2.05) is 0 Å². The van der Waals surface area contributed by atoms with Crippen molar-refractivity contribution in [2.45, 2.75) is 68.3 Å². The Kier molecular flexibility index (Phi) is 10.3. The highest BCUT2D eigenvalue weighted by molar-refractivity contribution is 5.91. The van der Waals surface area contributed by atoms with Gasteiger partial charge in [-0.3, -0.25) is 9.59 Å². The van der Waals surface area contributed by atoms with Gasteiger partial charge in [-0.2, -0.15) is 0 Å². The Balaban J connectivity index is 1.53. The SMILES string of the molecule is COc1ccc(-c2cc(=O)c3c(O)cc(O[C@@H]4O[C@H](COC(C)=O)[C@@H](O)[C@H](O)[C@H]4O[C@@H]4O[C@H](CO)[C@@H](O)[C@@H](O)[C@H]4O)c(O)c3o2)cc1O. The van der Waals surface area contributed by atoms with Crippen molar-refractivity contribution in [2.75, 3.05) is 20.3 Å². The van der Waals surface area contributed by atoms with Crippen LogP contribution in [0.1, 0.15) is 6.92 Å². The van der Waals surface area contributed by atoms with Gasteiger partial charge < -0.3 is 78.8 Å². The minimum atomic E-state index is -1.96. The number of benzene rings is 2. The zero-order valence-electron chi connectivity index (χ0n) is 25.3. The molecule has 5 rings (SSSR count). The van der Waals surface area contributed by atoms with E-state index in [1.165, 1.54) is 25.3 Å². The van der Waals surface area contributed by atoms with Gasteiger partial charge in [0.2, 0.25) is 12.0 Å². The van der Waals surface area contributed by atoms with Gasteiger partial charge in [0, 0.05) is 24.6 Å². The molecule has 1 aromatic heterocycles. The van der Waals surface area contributed by atoms with Crippen molar-refractivity contribution in [3.05, 3.63) is 40.6 Å². The van der Waals surface area contributed by atoms with Gasteiger partial charge in [0.05, 0.1) is 13.7 Å². The van der Waals surface area contributed by atoms with Gasteiger partial charge in [-0.25, -0.2) is 0 Å². The number of aliphatic hydroxyl groups is 6. The first-order valence-electron chi connectivity index (χ1n) is 14.4. The highest BCUT2D eigenvalue weighted by Gasteiger charge is 2.52. The Morgan fingerprint density at radius 3 is 2.17 bits per heavy atom. The molecule has 262 valence electrons. The van der Waals surface area contributed by atoms with Crippen LogP contribution < -0.4 is 14.9 Å². The monoisotopic (exact) mass is 682 g/mol. The van der Waals surface area contributed by atoms with E-state index in [0.29, 0.717) is 0 Å². The van der Waals surface area contributed by atoms with Crippen molar-refractivity contribution in [1.82, 2.24) is 0 Å². The molecule has 2 aromatic carbocycles. The summed E-state index contributed by atoms with van der Waals surface area (Å²) in [4.78, 5) is 24.4. The number of carbonyl (C=O) groups is 1. The van der Waals surface area contributed by atoms with Crippen molar-refractivity contribution in [1.29, 1.82) is 0 Å². The van der Waals surface area contributed by atoms with Gasteiger partial charge in [0.25, 0.3) is 0 Å². The normalized spacial score (nSPS) is 30.6. The van der Waals surface area contributed by atoms with Gasteiger partial charge in [-0.1, -0.05) is 0 Å². The Morgan fingerprint density at radius 1 is 0.833 bits per heavy atom. The summed E-state index contributed by atoms with van der Waals surface area (Å²) in [7, 11) is 1.33. The molecular formula is C30H34O18. The van der Waals surface area contributed by atoms with Crippen molar-refractivity contribution < 1.29 is 83.6 Å². The molecule has 2 aliphatic heterocycles. The predicted molar refractivity (Wildman–Crippen MR) is 156 cm³/mol. The van der Waals surface area contributed by atoms with Crippen LogP contribution in [0.25, 0.3) is 22.3 Å². The van der Waals surface area contributed by atoms with Crippen LogP contribution in [0.5, 0.6) is 28.7 Å². The van der Waals surface area contributed by atoms with E-state index in [2.05, 4.69) is 0 Å². The fourth-order valence-corrected chi connectivity index (χ4v) is 5.30. The lowest BCUT2D eigenvalue weighted by molar-refractivity contribution is -0.358. The molecular weight excluding hydrogens is 648 g/mol. The number of ether oxygens (including phenoxy) is 6. The molecule has 0 aliphatic carbocycles. The first-order valence-corrected chi connectivity index (χ1v) is 14.4. The van der Waals surface area contributed by atoms with E-state index in [-0.39, 0.29) is 22.8 Å². The average Bonchev–Trinajstić information content (AvgIpc) is 3.05. The Labute approximate surface area is 270 Å². The number of esters is 1. The summed E-state index contributed by atoms with van der Waals surface area (Å²) in [6, 6.07) is 5.91. The van der Waals surface area contributed by atoms with Crippen molar-refractivity contribution in [3.8, 4) is 40.1 Å². The summed E-state index contributed by atoms with van der Waals surface area (Å²) in [6.45, 7) is -0.326. The molecule has 18 heteroatoms.